The molecule has 2 aromatic carbocycles. The maximum absolute atomic E-state index is 11.9. The van der Waals surface area contributed by atoms with Crippen molar-refractivity contribution in [3.05, 3.63) is 58.7 Å². The van der Waals surface area contributed by atoms with Gasteiger partial charge in [0.25, 0.3) is 0 Å². The zero-order chi connectivity index (χ0) is 16.8. The van der Waals surface area contributed by atoms with Gasteiger partial charge in [-0.05, 0) is 56.5 Å². The minimum atomic E-state index is -0.220. The molecule has 0 aliphatic rings. The first-order valence-corrected chi connectivity index (χ1v) is 7.78. The number of ether oxygens (including phenoxy) is 1. The van der Waals surface area contributed by atoms with Crippen molar-refractivity contribution in [2.24, 2.45) is 0 Å². The number of nitrogens with one attached hydrogen (secondary N) is 2. The Bertz CT molecular complexity index is 696. The van der Waals surface area contributed by atoms with E-state index < -0.39 is 0 Å². The zero-order valence-corrected chi connectivity index (χ0v) is 14.2. The highest BCUT2D eigenvalue weighted by atomic mass is 16.5. The fraction of sp³-hybridized carbons (Fsp3) is 0.316. The highest BCUT2D eigenvalue weighted by Gasteiger charge is 2.05. The molecule has 4 heteroatoms. The predicted molar refractivity (Wildman–Crippen MR) is 94.3 cm³/mol. The lowest BCUT2D eigenvalue weighted by atomic mass is 10.1. The smallest absolute Gasteiger partial charge is 0.319 e. The normalized spacial score (nSPS) is 10.3. The summed E-state index contributed by atoms with van der Waals surface area (Å²) in [7, 11) is 0. The van der Waals surface area contributed by atoms with Gasteiger partial charge < -0.3 is 15.4 Å². The molecule has 0 saturated carbocycles. The van der Waals surface area contributed by atoms with Gasteiger partial charge in [-0.3, -0.25) is 0 Å². The van der Waals surface area contributed by atoms with Crippen LogP contribution in [0.25, 0.3) is 0 Å². The summed E-state index contributed by atoms with van der Waals surface area (Å²) in [6.45, 7) is 8.92. The molecule has 0 atom stereocenters. The van der Waals surface area contributed by atoms with Crippen LogP contribution in [0.4, 0.5) is 10.5 Å². The molecule has 23 heavy (non-hydrogen) atoms. The SMILES string of the molecule is Cc1ccc(OCCNC(=O)Nc2cc(C)ccc2C)c(C)c1. The Balaban J connectivity index is 1.77. The van der Waals surface area contributed by atoms with E-state index in [0.717, 1.165) is 28.1 Å². The molecule has 0 fully saturated rings. The number of carbonyl (C=O) groups is 1. The summed E-state index contributed by atoms with van der Waals surface area (Å²) in [6, 6.07) is 11.8. The lowest BCUT2D eigenvalue weighted by Crippen LogP contribution is -2.32. The summed E-state index contributed by atoms with van der Waals surface area (Å²) in [5.74, 6) is 0.854. The Kier molecular flexibility index (Phi) is 5.63. The molecule has 0 heterocycles. The quantitative estimate of drug-likeness (QED) is 0.816. The zero-order valence-electron chi connectivity index (χ0n) is 14.2. The van der Waals surface area contributed by atoms with Crippen LogP contribution in [-0.4, -0.2) is 19.2 Å². The van der Waals surface area contributed by atoms with E-state index in [1.165, 1.54) is 5.56 Å². The first-order valence-electron chi connectivity index (χ1n) is 7.78. The van der Waals surface area contributed by atoms with E-state index in [-0.39, 0.29) is 6.03 Å². The third kappa shape index (κ3) is 5.02. The topological polar surface area (TPSA) is 50.4 Å². The number of benzene rings is 2. The monoisotopic (exact) mass is 312 g/mol. The largest absolute Gasteiger partial charge is 0.491 e. The van der Waals surface area contributed by atoms with Gasteiger partial charge in [-0.1, -0.05) is 29.8 Å². The van der Waals surface area contributed by atoms with Crippen LogP contribution in [0.15, 0.2) is 36.4 Å². The second kappa shape index (κ2) is 7.68. The molecular formula is C19H24N2O2. The summed E-state index contributed by atoms with van der Waals surface area (Å²) in [4.78, 5) is 11.9. The predicted octanol–water partition coefficient (Wildman–Crippen LogP) is 4.12. The van der Waals surface area contributed by atoms with Crippen molar-refractivity contribution in [3.63, 3.8) is 0 Å². The minimum Gasteiger partial charge on any atom is -0.491 e. The van der Waals surface area contributed by atoms with Crippen molar-refractivity contribution in [3.8, 4) is 5.75 Å². The van der Waals surface area contributed by atoms with Crippen LogP contribution in [-0.2, 0) is 0 Å². The average molecular weight is 312 g/mol. The molecule has 0 bridgehead atoms. The molecular weight excluding hydrogens is 288 g/mol. The summed E-state index contributed by atoms with van der Waals surface area (Å²) in [5.41, 5.74) is 5.30. The first kappa shape index (κ1) is 16.9. The molecule has 0 aliphatic heterocycles. The Morgan fingerprint density at radius 1 is 0.957 bits per heavy atom. The summed E-state index contributed by atoms with van der Waals surface area (Å²) in [5, 5.41) is 5.67. The molecule has 0 spiro atoms. The third-order valence-electron chi connectivity index (χ3n) is 3.62. The number of carbonyl (C=O) groups excluding carboxylic acids is 1. The van der Waals surface area contributed by atoms with Gasteiger partial charge in [0.2, 0.25) is 0 Å². The van der Waals surface area contributed by atoms with Gasteiger partial charge >= 0.3 is 6.03 Å². The number of urea groups is 1. The van der Waals surface area contributed by atoms with Crippen LogP contribution in [0, 0.1) is 27.7 Å². The van der Waals surface area contributed by atoms with E-state index in [4.69, 9.17) is 4.74 Å². The molecule has 4 nitrogen and oxygen atoms in total. The van der Waals surface area contributed by atoms with Gasteiger partial charge in [0, 0.05) is 5.69 Å². The van der Waals surface area contributed by atoms with Crippen LogP contribution in [0.3, 0.4) is 0 Å². The van der Waals surface area contributed by atoms with Crippen LogP contribution in [0.5, 0.6) is 5.75 Å². The summed E-state index contributed by atoms with van der Waals surface area (Å²) >= 11 is 0. The number of amides is 2. The van der Waals surface area contributed by atoms with Crippen molar-refractivity contribution >= 4 is 11.7 Å². The Labute approximate surface area is 137 Å². The van der Waals surface area contributed by atoms with E-state index in [2.05, 4.69) is 23.6 Å². The Morgan fingerprint density at radius 2 is 1.65 bits per heavy atom. The summed E-state index contributed by atoms with van der Waals surface area (Å²) < 4.78 is 5.69. The first-order chi connectivity index (χ1) is 11.0. The van der Waals surface area contributed by atoms with Crippen molar-refractivity contribution in [2.45, 2.75) is 27.7 Å². The number of rotatable bonds is 5. The Morgan fingerprint density at radius 3 is 2.39 bits per heavy atom. The van der Waals surface area contributed by atoms with E-state index in [0.29, 0.717) is 13.2 Å². The molecule has 2 aromatic rings. The lowest BCUT2D eigenvalue weighted by molar-refractivity contribution is 0.247. The minimum absolute atomic E-state index is 0.220. The standard InChI is InChI=1S/C19H24N2O2/c1-13-6-8-18(16(4)11-13)23-10-9-20-19(22)21-17-12-14(2)5-7-15(17)3/h5-8,11-12H,9-10H2,1-4H3,(H2,20,21,22). The van der Waals surface area contributed by atoms with Gasteiger partial charge in [-0.2, -0.15) is 0 Å². The maximum Gasteiger partial charge on any atom is 0.319 e. The van der Waals surface area contributed by atoms with Crippen LogP contribution in [0.2, 0.25) is 0 Å². The molecule has 0 aromatic heterocycles. The van der Waals surface area contributed by atoms with Gasteiger partial charge in [-0.25, -0.2) is 4.79 Å². The molecule has 2 amide bonds. The molecule has 0 unspecified atom stereocenters. The highest BCUT2D eigenvalue weighted by Crippen LogP contribution is 2.18. The maximum atomic E-state index is 11.9. The number of hydrogen-bond donors (Lipinski definition) is 2. The van der Waals surface area contributed by atoms with E-state index in [9.17, 15) is 4.79 Å². The Hall–Kier alpha value is -2.49. The molecule has 0 saturated heterocycles. The molecule has 2 rings (SSSR count). The molecule has 0 radical (unpaired) electrons. The number of aryl methyl sites for hydroxylation is 4. The van der Waals surface area contributed by atoms with Gasteiger partial charge in [0.15, 0.2) is 0 Å². The molecule has 0 aliphatic carbocycles. The second-order valence-corrected chi connectivity index (χ2v) is 5.82. The van der Waals surface area contributed by atoms with Gasteiger partial charge in [0.1, 0.15) is 12.4 Å². The fourth-order valence-corrected chi connectivity index (χ4v) is 2.32. The highest BCUT2D eigenvalue weighted by molar-refractivity contribution is 5.90. The summed E-state index contributed by atoms with van der Waals surface area (Å²) in [6.07, 6.45) is 0. The van der Waals surface area contributed by atoms with Crippen LogP contribution >= 0.6 is 0 Å². The third-order valence-corrected chi connectivity index (χ3v) is 3.62. The van der Waals surface area contributed by atoms with E-state index >= 15 is 0 Å². The van der Waals surface area contributed by atoms with Gasteiger partial charge in [0.05, 0.1) is 6.54 Å². The van der Waals surface area contributed by atoms with Crippen molar-refractivity contribution in [2.75, 3.05) is 18.5 Å². The fourth-order valence-electron chi connectivity index (χ4n) is 2.32. The van der Waals surface area contributed by atoms with Crippen molar-refractivity contribution in [1.29, 1.82) is 0 Å². The lowest BCUT2D eigenvalue weighted by Gasteiger charge is -2.12. The number of anilines is 1. The molecule has 2 N–H and O–H groups in total. The van der Waals surface area contributed by atoms with Crippen LogP contribution in [0.1, 0.15) is 22.3 Å². The second-order valence-electron chi connectivity index (χ2n) is 5.82. The molecule has 122 valence electrons. The average Bonchev–Trinajstić information content (AvgIpc) is 2.49. The van der Waals surface area contributed by atoms with Crippen LogP contribution < -0.4 is 15.4 Å². The van der Waals surface area contributed by atoms with E-state index in [1.807, 2.05) is 51.1 Å². The van der Waals surface area contributed by atoms with Crippen molar-refractivity contribution < 1.29 is 9.53 Å². The number of hydrogen-bond acceptors (Lipinski definition) is 2. The van der Waals surface area contributed by atoms with E-state index in [1.54, 1.807) is 0 Å². The van der Waals surface area contributed by atoms with Gasteiger partial charge in [-0.15, -0.1) is 0 Å². The van der Waals surface area contributed by atoms with Crippen molar-refractivity contribution in [1.82, 2.24) is 5.32 Å².